The van der Waals surface area contributed by atoms with Crippen molar-refractivity contribution in [3.63, 3.8) is 0 Å². The normalized spacial score (nSPS) is 23.4. The molecule has 0 spiro atoms. The first kappa shape index (κ1) is 12.2. The standard InChI is InChI=1S/C15H19N3O/c1-17-9-7-13(8-10-17)18-11-14(16-15(18)19)12-5-3-2-4-6-12/h2-6,11,13H,7-10H2,1H3,(H,16,19)/p+1. The molecule has 0 amide bonds. The second-order valence-corrected chi connectivity index (χ2v) is 5.43. The van der Waals surface area contributed by atoms with Crippen LogP contribution in [-0.4, -0.2) is 29.7 Å². The summed E-state index contributed by atoms with van der Waals surface area (Å²) in [4.78, 5) is 16.6. The highest BCUT2D eigenvalue weighted by molar-refractivity contribution is 5.57. The van der Waals surface area contributed by atoms with Crippen LogP contribution in [0.15, 0.2) is 41.3 Å². The fourth-order valence-corrected chi connectivity index (χ4v) is 2.82. The lowest BCUT2D eigenvalue weighted by Gasteiger charge is -2.26. The summed E-state index contributed by atoms with van der Waals surface area (Å²) in [6.07, 6.45) is 4.14. The third-order valence-corrected chi connectivity index (χ3v) is 4.03. The number of piperidine rings is 1. The maximum absolute atomic E-state index is 12.1. The molecular formula is C15H20N3O+. The summed E-state index contributed by atoms with van der Waals surface area (Å²) >= 11 is 0. The van der Waals surface area contributed by atoms with E-state index in [1.807, 2.05) is 41.1 Å². The van der Waals surface area contributed by atoms with Crippen molar-refractivity contribution in [2.24, 2.45) is 0 Å². The number of hydrogen-bond donors (Lipinski definition) is 2. The van der Waals surface area contributed by atoms with Crippen molar-refractivity contribution >= 4 is 0 Å². The van der Waals surface area contributed by atoms with Gasteiger partial charge in [0.05, 0.1) is 25.8 Å². The van der Waals surface area contributed by atoms with Crippen LogP contribution in [0.4, 0.5) is 0 Å². The highest BCUT2D eigenvalue weighted by Crippen LogP contribution is 2.19. The Balaban J connectivity index is 1.88. The zero-order valence-corrected chi connectivity index (χ0v) is 11.2. The Kier molecular flexibility index (Phi) is 3.25. The van der Waals surface area contributed by atoms with Crippen LogP contribution in [0.1, 0.15) is 18.9 Å². The number of rotatable bonds is 2. The van der Waals surface area contributed by atoms with Crippen molar-refractivity contribution in [2.45, 2.75) is 18.9 Å². The number of imidazole rings is 1. The Morgan fingerprint density at radius 2 is 1.89 bits per heavy atom. The lowest BCUT2D eigenvalue weighted by molar-refractivity contribution is -0.885. The molecule has 3 rings (SSSR count). The smallest absolute Gasteiger partial charge is 0.326 e. The summed E-state index contributed by atoms with van der Waals surface area (Å²) in [6, 6.07) is 10.4. The second kappa shape index (κ2) is 5.05. The molecular weight excluding hydrogens is 238 g/mol. The van der Waals surface area contributed by atoms with Crippen molar-refractivity contribution in [1.82, 2.24) is 9.55 Å². The highest BCUT2D eigenvalue weighted by Gasteiger charge is 2.22. The molecule has 1 aromatic heterocycles. The first-order valence-electron chi connectivity index (χ1n) is 6.92. The molecule has 0 unspecified atom stereocenters. The molecule has 4 nitrogen and oxygen atoms in total. The lowest BCUT2D eigenvalue weighted by Crippen LogP contribution is -3.10. The average Bonchev–Trinajstić information content (AvgIpc) is 2.83. The van der Waals surface area contributed by atoms with Gasteiger partial charge in [0.1, 0.15) is 0 Å². The van der Waals surface area contributed by atoms with Crippen molar-refractivity contribution in [3.05, 3.63) is 47.0 Å². The van der Waals surface area contributed by atoms with Gasteiger partial charge in [0.2, 0.25) is 0 Å². The Morgan fingerprint density at radius 3 is 2.58 bits per heavy atom. The van der Waals surface area contributed by atoms with Gasteiger partial charge in [-0.3, -0.25) is 4.57 Å². The van der Waals surface area contributed by atoms with Crippen molar-refractivity contribution in [1.29, 1.82) is 0 Å². The van der Waals surface area contributed by atoms with Gasteiger partial charge in [0.25, 0.3) is 0 Å². The number of nitrogens with zero attached hydrogens (tertiary/aromatic N) is 1. The van der Waals surface area contributed by atoms with Crippen LogP contribution in [0.5, 0.6) is 0 Å². The van der Waals surface area contributed by atoms with Gasteiger partial charge in [-0.1, -0.05) is 30.3 Å². The lowest BCUT2D eigenvalue weighted by atomic mass is 10.1. The Bertz CT molecular complexity index is 591. The van der Waals surface area contributed by atoms with Crippen LogP contribution in [0.2, 0.25) is 0 Å². The van der Waals surface area contributed by atoms with Gasteiger partial charge < -0.3 is 9.88 Å². The molecule has 1 aliphatic heterocycles. The largest absolute Gasteiger partial charge is 0.337 e. The number of aromatic amines is 1. The van der Waals surface area contributed by atoms with Crippen molar-refractivity contribution < 1.29 is 4.90 Å². The van der Waals surface area contributed by atoms with Crippen LogP contribution < -0.4 is 10.6 Å². The number of nitrogens with one attached hydrogen (secondary N) is 2. The average molecular weight is 258 g/mol. The van der Waals surface area contributed by atoms with Gasteiger partial charge in [-0.15, -0.1) is 0 Å². The van der Waals surface area contributed by atoms with Gasteiger partial charge in [0, 0.05) is 25.1 Å². The fraction of sp³-hybridized carbons (Fsp3) is 0.400. The van der Waals surface area contributed by atoms with E-state index in [0.29, 0.717) is 6.04 Å². The maximum Gasteiger partial charge on any atom is 0.326 e. The molecule has 0 radical (unpaired) electrons. The minimum absolute atomic E-state index is 0.0170. The monoisotopic (exact) mass is 258 g/mol. The number of benzene rings is 1. The summed E-state index contributed by atoms with van der Waals surface area (Å²) in [6.45, 7) is 2.28. The molecule has 2 heterocycles. The van der Waals surface area contributed by atoms with Crippen LogP contribution >= 0.6 is 0 Å². The van der Waals surface area contributed by atoms with Crippen LogP contribution in [0.3, 0.4) is 0 Å². The fourth-order valence-electron chi connectivity index (χ4n) is 2.82. The van der Waals surface area contributed by atoms with Gasteiger partial charge >= 0.3 is 5.69 Å². The molecule has 4 heteroatoms. The molecule has 0 aliphatic carbocycles. The predicted octanol–water partition coefficient (Wildman–Crippen LogP) is 0.693. The van der Waals surface area contributed by atoms with E-state index < -0.39 is 0 Å². The van der Waals surface area contributed by atoms with Gasteiger partial charge in [-0.25, -0.2) is 4.79 Å². The minimum atomic E-state index is 0.0170. The first-order valence-corrected chi connectivity index (χ1v) is 6.92. The van der Waals surface area contributed by atoms with Gasteiger partial charge in [0.15, 0.2) is 0 Å². The highest BCUT2D eigenvalue weighted by atomic mass is 16.1. The predicted molar refractivity (Wildman–Crippen MR) is 75.4 cm³/mol. The number of aromatic nitrogens is 2. The summed E-state index contributed by atoms with van der Waals surface area (Å²) in [5.74, 6) is 0. The topological polar surface area (TPSA) is 42.2 Å². The van der Waals surface area contributed by atoms with Crippen LogP contribution in [0, 0.1) is 0 Å². The molecule has 2 aromatic rings. The van der Waals surface area contributed by atoms with E-state index in [1.165, 1.54) is 0 Å². The first-order chi connectivity index (χ1) is 9.24. The molecule has 0 atom stereocenters. The van der Waals surface area contributed by atoms with Gasteiger partial charge in [-0.2, -0.15) is 0 Å². The summed E-state index contributed by atoms with van der Waals surface area (Å²) in [5, 5.41) is 0. The summed E-state index contributed by atoms with van der Waals surface area (Å²) in [7, 11) is 2.21. The number of H-pyrrole nitrogens is 1. The maximum atomic E-state index is 12.1. The van der Waals surface area contributed by atoms with Crippen molar-refractivity contribution in [3.8, 4) is 11.3 Å². The van der Waals surface area contributed by atoms with Crippen LogP contribution in [-0.2, 0) is 0 Å². The Labute approximate surface area is 112 Å². The molecule has 1 aliphatic rings. The molecule has 0 saturated carbocycles. The van der Waals surface area contributed by atoms with E-state index in [-0.39, 0.29) is 5.69 Å². The molecule has 100 valence electrons. The van der Waals surface area contributed by atoms with Gasteiger partial charge in [-0.05, 0) is 5.56 Å². The van der Waals surface area contributed by atoms with E-state index >= 15 is 0 Å². The number of hydrogen-bond acceptors (Lipinski definition) is 1. The summed E-state index contributed by atoms with van der Waals surface area (Å²) in [5.41, 5.74) is 2.00. The third-order valence-electron chi connectivity index (χ3n) is 4.03. The zero-order valence-electron chi connectivity index (χ0n) is 11.2. The Morgan fingerprint density at radius 1 is 1.21 bits per heavy atom. The Hall–Kier alpha value is -1.81. The molecule has 1 aromatic carbocycles. The van der Waals surface area contributed by atoms with Crippen molar-refractivity contribution in [2.75, 3.05) is 20.1 Å². The molecule has 1 fully saturated rings. The molecule has 19 heavy (non-hydrogen) atoms. The van der Waals surface area contributed by atoms with E-state index in [1.54, 1.807) is 4.90 Å². The minimum Gasteiger partial charge on any atom is -0.337 e. The number of likely N-dealkylation sites (tertiary alicyclic amines) is 1. The molecule has 1 saturated heterocycles. The van der Waals surface area contributed by atoms with E-state index in [9.17, 15) is 4.79 Å². The zero-order chi connectivity index (χ0) is 13.2. The van der Waals surface area contributed by atoms with E-state index in [0.717, 1.165) is 37.2 Å². The quantitative estimate of drug-likeness (QED) is 0.818. The molecule has 0 bridgehead atoms. The number of quaternary nitrogens is 1. The van der Waals surface area contributed by atoms with E-state index in [2.05, 4.69) is 12.0 Å². The SMILES string of the molecule is C[NH+]1CCC(n2cc(-c3ccccc3)[nH]c2=O)CC1. The second-order valence-electron chi connectivity index (χ2n) is 5.43. The van der Waals surface area contributed by atoms with E-state index in [4.69, 9.17) is 0 Å². The molecule has 2 N–H and O–H groups in total. The third kappa shape index (κ3) is 2.49. The summed E-state index contributed by atoms with van der Waals surface area (Å²) < 4.78 is 1.88. The van der Waals surface area contributed by atoms with Crippen LogP contribution in [0.25, 0.3) is 11.3 Å².